The van der Waals surface area contributed by atoms with Gasteiger partial charge in [0.05, 0.1) is 16.6 Å². The Morgan fingerprint density at radius 3 is 2.52 bits per heavy atom. The van der Waals surface area contributed by atoms with Crippen LogP contribution in [0, 0.1) is 18.3 Å². The zero-order valence-corrected chi connectivity index (χ0v) is 14.9. The topological polar surface area (TPSA) is 41.1 Å². The van der Waals surface area contributed by atoms with Crippen LogP contribution in [-0.2, 0) is 6.42 Å². The van der Waals surface area contributed by atoms with Crippen LogP contribution in [0.25, 0.3) is 16.7 Å². The van der Waals surface area contributed by atoms with E-state index in [1.54, 1.807) is 0 Å². The Morgan fingerprint density at radius 1 is 1.08 bits per heavy atom. The van der Waals surface area contributed by atoms with Gasteiger partial charge in [0.1, 0.15) is 11.2 Å². The standard InChI is InChI=1S/C20H13Cl2N3/c1-12-15(10-13-6-8-14(21)9-7-13)19(22)25-18-5-3-2-4-17(18)24-20(25)16(12)11-23/h2-9H,10H2,1H3. The largest absolute Gasteiger partial charge is 0.281 e. The van der Waals surface area contributed by atoms with Crippen LogP contribution in [0.2, 0.25) is 10.2 Å². The van der Waals surface area contributed by atoms with Gasteiger partial charge in [0.25, 0.3) is 0 Å². The molecule has 4 aromatic rings. The van der Waals surface area contributed by atoms with Gasteiger partial charge in [-0.25, -0.2) is 4.98 Å². The monoisotopic (exact) mass is 365 g/mol. The Morgan fingerprint density at radius 2 is 1.80 bits per heavy atom. The number of aromatic nitrogens is 2. The molecule has 0 fully saturated rings. The molecule has 0 aliphatic carbocycles. The first kappa shape index (κ1) is 16.0. The van der Waals surface area contributed by atoms with Gasteiger partial charge < -0.3 is 0 Å². The molecule has 2 aromatic carbocycles. The highest BCUT2D eigenvalue weighted by Gasteiger charge is 2.19. The highest BCUT2D eigenvalue weighted by molar-refractivity contribution is 6.31. The van der Waals surface area contributed by atoms with Crippen molar-refractivity contribution in [2.75, 3.05) is 0 Å². The van der Waals surface area contributed by atoms with Crippen molar-refractivity contribution in [2.45, 2.75) is 13.3 Å². The molecule has 0 saturated carbocycles. The Balaban J connectivity index is 2.02. The number of halogens is 2. The number of para-hydroxylation sites is 2. The van der Waals surface area contributed by atoms with E-state index in [9.17, 15) is 5.26 Å². The first-order valence-corrected chi connectivity index (χ1v) is 8.58. The van der Waals surface area contributed by atoms with Crippen LogP contribution in [-0.4, -0.2) is 9.38 Å². The second kappa shape index (κ2) is 6.07. The molecule has 5 heteroatoms. The van der Waals surface area contributed by atoms with Gasteiger partial charge in [-0.05, 0) is 47.9 Å². The molecule has 0 amide bonds. The van der Waals surface area contributed by atoms with Crippen LogP contribution < -0.4 is 0 Å². The summed E-state index contributed by atoms with van der Waals surface area (Å²) >= 11 is 12.7. The maximum Gasteiger partial charge on any atom is 0.157 e. The zero-order valence-electron chi connectivity index (χ0n) is 13.4. The lowest BCUT2D eigenvalue weighted by Crippen LogP contribution is -2.03. The summed E-state index contributed by atoms with van der Waals surface area (Å²) in [6.45, 7) is 1.93. The molecule has 0 saturated heterocycles. The van der Waals surface area contributed by atoms with Crippen molar-refractivity contribution in [2.24, 2.45) is 0 Å². The fourth-order valence-electron chi connectivity index (χ4n) is 3.15. The van der Waals surface area contributed by atoms with E-state index in [0.717, 1.165) is 27.7 Å². The number of benzene rings is 2. The number of hydrogen-bond donors (Lipinski definition) is 0. The van der Waals surface area contributed by atoms with Crippen molar-refractivity contribution >= 4 is 39.9 Å². The number of rotatable bonds is 2. The van der Waals surface area contributed by atoms with Gasteiger partial charge in [0.2, 0.25) is 0 Å². The molecule has 2 heterocycles. The third kappa shape index (κ3) is 2.55. The molecular formula is C20H13Cl2N3. The zero-order chi connectivity index (χ0) is 17.6. The fraction of sp³-hybridized carbons (Fsp3) is 0.100. The first-order chi connectivity index (χ1) is 12.1. The molecule has 0 bridgehead atoms. The Labute approximate surface area is 155 Å². The average molecular weight is 366 g/mol. The minimum absolute atomic E-state index is 0.560. The van der Waals surface area contributed by atoms with E-state index in [4.69, 9.17) is 23.2 Å². The number of imidazole rings is 1. The highest BCUT2D eigenvalue weighted by Crippen LogP contribution is 2.32. The lowest BCUT2D eigenvalue weighted by molar-refractivity contribution is 1.08. The number of nitrogens with zero attached hydrogens (tertiary/aromatic N) is 3. The summed E-state index contributed by atoms with van der Waals surface area (Å²) in [5, 5.41) is 11.0. The van der Waals surface area contributed by atoms with Crippen LogP contribution in [0.15, 0.2) is 48.5 Å². The van der Waals surface area contributed by atoms with Crippen molar-refractivity contribution in [3.8, 4) is 6.07 Å². The van der Waals surface area contributed by atoms with Gasteiger partial charge in [0, 0.05) is 11.4 Å². The maximum atomic E-state index is 9.70. The molecule has 4 rings (SSSR count). The molecule has 0 aliphatic heterocycles. The van der Waals surface area contributed by atoms with Crippen LogP contribution in [0.4, 0.5) is 0 Å². The molecule has 0 aliphatic rings. The summed E-state index contributed by atoms with van der Waals surface area (Å²) in [7, 11) is 0. The fourth-order valence-corrected chi connectivity index (χ4v) is 3.65. The minimum atomic E-state index is 0.560. The lowest BCUT2D eigenvalue weighted by atomic mass is 9.99. The first-order valence-electron chi connectivity index (χ1n) is 7.83. The molecule has 0 radical (unpaired) electrons. The van der Waals surface area contributed by atoms with Crippen molar-refractivity contribution < 1.29 is 0 Å². The Bertz CT molecular complexity index is 1150. The summed E-state index contributed by atoms with van der Waals surface area (Å²) in [6.07, 6.45) is 0.624. The Hall–Kier alpha value is -2.54. The second-order valence-electron chi connectivity index (χ2n) is 5.94. The summed E-state index contributed by atoms with van der Waals surface area (Å²) < 4.78 is 1.87. The van der Waals surface area contributed by atoms with Crippen LogP contribution >= 0.6 is 23.2 Å². The number of hydrogen-bond acceptors (Lipinski definition) is 2. The van der Waals surface area contributed by atoms with Gasteiger partial charge in [0.15, 0.2) is 5.65 Å². The van der Waals surface area contributed by atoms with E-state index < -0.39 is 0 Å². The number of fused-ring (bicyclic) bond motifs is 3. The maximum absolute atomic E-state index is 9.70. The van der Waals surface area contributed by atoms with E-state index in [-0.39, 0.29) is 0 Å². The van der Waals surface area contributed by atoms with Gasteiger partial charge in [-0.3, -0.25) is 4.40 Å². The molecule has 25 heavy (non-hydrogen) atoms. The molecule has 0 atom stereocenters. The summed E-state index contributed by atoms with van der Waals surface area (Å²) in [5.41, 5.74) is 5.76. The van der Waals surface area contributed by atoms with E-state index in [2.05, 4.69) is 11.1 Å². The normalized spacial score (nSPS) is 11.1. The number of pyridine rings is 1. The molecule has 2 aromatic heterocycles. The van der Waals surface area contributed by atoms with E-state index in [1.165, 1.54) is 0 Å². The minimum Gasteiger partial charge on any atom is -0.281 e. The summed E-state index contributed by atoms with van der Waals surface area (Å²) in [4.78, 5) is 4.61. The quantitative estimate of drug-likeness (QED) is 0.436. The van der Waals surface area contributed by atoms with Gasteiger partial charge in [-0.1, -0.05) is 47.5 Å². The Kier molecular flexibility index (Phi) is 3.88. The second-order valence-corrected chi connectivity index (χ2v) is 6.74. The van der Waals surface area contributed by atoms with Gasteiger partial charge >= 0.3 is 0 Å². The van der Waals surface area contributed by atoms with Gasteiger partial charge in [-0.15, -0.1) is 0 Å². The summed E-state index contributed by atoms with van der Waals surface area (Å²) in [6, 6.07) is 17.7. The van der Waals surface area contributed by atoms with Crippen LogP contribution in [0.3, 0.4) is 0 Å². The summed E-state index contributed by atoms with van der Waals surface area (Å²) in [5.74, 6) is 0. The predicted molar refractivity (Wildman–Crippen MR) is 101 cm³/mol. The molecule has 3 nitrogen and oxygen atoms in total. The number of nitriles is 1. The molecular weight excluding hydrogens is 353 g/mol. The van der Waals surface area contributed by atoms with E-state index in [0.29, 0.717) is 27.8 Å². The third-order valence-corrected chi connectivity index (χ3v) is 5.11. The van der Waals surface area contributed by atoms with E-state index in [1.807, 2.05) is 59.9 Å². The SMILES string of the molecule is Cc1c(Cc2ccc(Cl)cc2)c(Cl)n2c(nc3ccccc32)c1C#N. The van der Waals surface area contributed by atoms with Crippen molar-refractivity contribution in [1.82, 2.24) is 9.38 Å². The highest BCUT2D eigenvalue weighted by atomic mass is 35.5. The van der Waals surface area contributed by atoms with Crippen molar-refractivity contribution in [3.63, 3.8) is 0 Å². The van der Waals surface area contributed by atoms with Crippen LogP contribution in [0.5, 0.6) is 0 Å². The molecule has 0 spiro atoms. The van der Waals surface area contributed by atoms with E-state index >= 15 is 0 Å². The smallest absolute Gasteiger partial charge is 0.157 e. The molecule has 0 unspecified atom stereocenters. The average Bonchev–Trinajstić information content (AvgIpc) is 3.00. The molecule has 0 N–H and O–H groups in total. The van der Waals surface area contributed by atoms with Gasteiger partial charge in [-0.2, -0.15) is 5.26 Å². The predicted octanol–water partition coefficient (Wildman–Crippen LogP) is 5.57. The van der Waals surface area contributed by atoms with Crippen molar-refractivity contribution in [1.29, 1.82) is 5.26 Å². The third-order valence-electron chi connectivity index (χ3n) is 4.46. The van der Waals surface area contributed by atoms with Crippen LogP contribution in [0.1, 0.15) is 22.3 Å². The lowest BCUT2D eigenvalue weighted by Gasteiger charge is -2.13. The van der Waals surface area contributed by atoms with Crippen molar-refractivity contribution in [3.05, 3.63) is 81.0 Å². The molecule has 122 valence electrons.